The van der Waals surface area contributed by atoms with Gasteiger partial charge in [-0.1, -0.05) is 20.8 Å². The number of benzene rings is 1. The van der Waals surface area contributed by atoms with E-state index < -0.39 is 0 Å². The van der Waals surface area contributed by atoms with E-state index in [9.17, 15) is 4.39 Å². The van der Waals surface area contributed by atoms with E-state index in [1.807, 2.05) is 0 Å². The molecule has 1 aromatic carbocycles. The SMILES string of the molecule is CCNC(COc1ccc(F)cc1)C(C)C. The molecule has 16 heavy (non-hydrogen) atoms. The first-order valence-electron chi connectivity index (χ1n) is 5.75. The van der Waals surface area contributed by atoms with Crippen LogP contribution in [-0.2, 0) is 0 Å². The van der Waals surface area contributed by atoms with Crippen molar-refractivity contribution in [2.75, 3.05) is 13.2 Å². The van der Waals surface area contributed by atoms with E-state index in [1.165, 1.54) is 12.1 Å². The molecule has 1 unspecified atom stereocenters. The molecule has 0 fully saturated rings. The minimum absolute atomic E-state index is 0.237. The van der Waals surface area contributed by atoms with E-state index in [-0.39, 0.29) is 5.82 Å². The highest BCUT2D eigenvalue weighted by Gasteiger charge is 2.12. The molecule has 0 bridgehead atoms. The van der Waals surface area contributed by atoms with Gasteiger partial charge < -0.3 is 10.1 Å². The van der Waals surface area contributed by atoms with E-state index in [4.69, 9.17) is 4.74 Å². The number of hydrogen-bond acceptors (Lipinski definition) is 2. The molecule has 90 valence electrons. The predicted molar refractivity (Wildman–Crippen MR) is 64.2 cm³/mol. The average molecular weight is 225 g/mol. The lowest BCUT2D eigenvalue weighted by molar-refractivity contribution is 0.232. The zero-order chi connectivity index (χ0) is 12.0. The van der Waals surface area contributed by atoms with Crippen molar-refractivity contribution in [3.05, 3.63) is 30.1 Å². The molecule has 0 saturated carbocycles. The van der Waals surface area contributed by atoms with Crippen LogP contribution in [0, 0.1) is 11.7 Å². The summed E-state index contributed by atoms with van der Waals surface area (Å²) in [6.45, 7) is 7.92. The van der Waals surface area contributed by atoms with Crippen molar-refractivity contribution in [2.24, 2.45) is 5.92 Å². The Morgan fingerprint density at radius 1 is 1.25 bits per heavy atom. The Balaban J connectivity index is 2.45. The minimum atomic E-state index is -0.237. The standard InChI is InChI=1S/C13H20FNO/c1-4-15-13(10(2)3)9-16-12-7-5-11(14)6-8-12/h5-8,10,13,15H,4,9H2,1-3H3. The third kappa shape index (κ3) is 4.19. The molecule has 1 aromatic rings. The molecule has 0 amide bonds. The molecule has 0 heterocycles. The van der Waals surface area contributed by atoms with Crippen LogP contribution >= 0.6 is 0 Å². The topological polar surface area (TPSA) is 21.3 Å². The summed E-state index contributed by atoms with van der Waals surface area (Å²) in [6, 6.07) is 6.45. The summed E-state index contributed by atoms with van der Waals surface area (Å²) in [4.78, 5) is 0. The van der Waals surface area contributed by atoms with Gasteiger partial charge in [-0.25, -0.2) is 4.39 Å². The van der Waals surface area contributed by atoms with Gasteiger partial charge in [-0.3, -0.25) is 0 Å². The molecule has 0 aliphatic carbocycles. The Hall–Kier alpha value is -1.09. The van der Waals surface area contributed by atoms with Crippen molar-refractivity contribution >= 4 is 0 Å². The number of nitrogens with one attached hydrogen (secondary N) is 1. The van der Waals surface area contributed by atoms with Gasteiger partial charge in [0, 0.05) is 6.04 Å². The smallest absolute Gasteiger partial charge is 0.123 e. The van der Waals surface area contributed by atoms with Crippen LogP contribution in [0.25, 0.3) is 0 Å². The second kappa shape index (κ2) is 6.48. The number of rotatable bonds is 6. The van der Waals surface area contributed by atoms with Crippen molar-refractivity contribution in [1.82, 2.24) is 5.32 Å². The van der Waals surface area contributed by atoms with Crippen LogP contribution in [0.15, 0.2) is 24.3 Å². The molecule has 2 nitrogen and oxygen atoms in total. The second-order valence-corrected chi connectivity index (χ2v) is 4.17. The summed E-state index contributed by atoms with van der Waals surface area (Å²) in [7, 11) is 0. The Bertz CT molecular complexity index is 297. The molecule has 0 saturated heterocycles. The van der Waals surface area contributed by atoms with Gasteiger partial charge in [-0.15, -0.1) is 0 Å². The maximum atomic E-state index is 12.7. The number of ether oxygens (including phenoxy) is 1. The molecule has 1 N–H and O–H groups in total. The van der Waals surface area contributed by atoms with Crippen LogP contribution in [0.1, 0.15) is 20.8 Å². The Morgan fingerprint density at radius 3 is 2.38 bits per heavy atom. The molecule has 0 aromatic heterocycles. The van der Waals surface area contributed by atoms with Gasteiger partial charge in [-0.05, 0) is 36.7 Å². The van der Waals surface area contributed by atoms with Crippen LogP contribution < -0.4 is 10.1 Å². The number of likely N-dealkylation sites (N-methyl/N-ethyl adjacent to an activating group) is 1. The third-order valence-corrected chi connectivity index (χ3v) is 2.51. The van der Waals surface area contributed by atoms with E-state index >= 15 is 0 Å². The van der Waals surface area contributed by atoms with Gasteiger partial charge in [0.1, 0.15) is 18.2 Å². The highest BCUT2D eigenvalue weighted by molar-refractivity contribution is 5.22. The summed E-state index contributed by atoms with van der Waals surface area (Å²) in [5, 5.41) is 3.36. The summed E-state index contributed by atoms with van der Waals surface area (Å²) < 4.78 is 18.3. The second-order valence-electron chi connectivity index (χ2n) is 4.17. The summed E-state index contributed by atoms with van der Waals surface area (Å²) >= 11 is 0. The van der Waals surface area contributed by atoms with Crippen LogP contribution in [0.4, 0.5) is 4.39 Å². The van der Waals surface area contributed by atoms with Crippen molar-refractivity contribution in [2.45, 2.75) is 26.8 Å². The van der Waals surface area contributed by atoms with E-state index in [0.29, 0.717) is 24.3 Å². The first-order valence-corrected chi connectivity index (χ1v) is 5.75. The Labute approximate surface area is 96.8 Å². The van der Waals surface area contributed by atoms with Crippen molar-refractivity contribution in [3.63, 3.8) is 0 Å². The molecular formula is C13H20FNO. The normalized spacial score (nSPS) is 12.8. The first-order chi connectivity index (χ1) is 7.63. The van der Waals surface area contributed by atoms with Gasteiger partial charge in [0.25, 0.3) is 0 Å². The maximum Gasteiger partial charge on any atom is 0.123 e. The monoisotopic (exact) mass is 225 g/mol. The zero-order valence-electron chi connectivity index (χ0n) is 10.2. The van der Waals surface area contributed by atoms with Crippen LogP contribution in [0.5, 0.6) is 5.75 Å². The lowest BCUT2D eigenvalue weighted by atomic mass is 10.1. The fraction of sp³-hybridized carbons (Fsp3) is 0.538. The molecule has 0 aliphatic rings. The summed E-state index contributed by atoms with van der Waals surface area (Å²) in [6.07, 6.45) is 0. The van der Waals surface area contributed by atoms with Gasteiger partial charge in [0.15, 0.2) is 0 Å². The highest BCUT2D eigenvalue weighted by atomic mass is 19.1. The quantitative estimate of drug-likeness (QED) is 0.803. The van der Waals surface area contributed by atoms with Gasteiger partial charge in [0.05, 0.1) is 0 Å². The van der Waals surface area contributed by atoms with Crippen LogP contribution in [0.2, 0.25) is 0 Å². The molecule has 1 rings (SSSR count). The lowest BCUT2D eigenvalue weighted by Crippen LogP contribution is -2.38. The molecular weight excluding hydrogens is 205 g/mol. The number of hydrogen-bond donors (Lipinski definition) is 1. The fourth-order valence-corrected chi connectivity index (χ4v) is 1.47. The highest BCUT2D eigenvalue weighted by Crippen LogP contribution is 2.12. The zero-order valence-corrected chi connectivity index (χ0v) is 10.2. The first kappa shape index (κ1) is 13.0. The third-order valence-electron chi connectivity index (χ3n) is 2.51. The van der Waals surface area contributed by atoms with E-state index in [1.54, 1.807) is 12.1 Å². The molecule has 1 atom stereocenters. The largest absolute Gasteiger partial charge is 0.492 e. The van der Waals surface area contributed by atoms with Crippen molar-refractivity contribution < 1.29 is 9.13 Å². The Kier molecular flexibility index (Phi) is 5.26. The minimum Gasteiger partial charge on any atom is -0.492 e. The summed E-state index contributed by atoms with van der Waals surface area (Å²) in [5.74, 6) is 0.991. The van der Waals surface area contributed by atoms with Crippen LogP contribution in [0.3, 0.4) is 0 Å². The van der Waals surface area contributed by atoms with Crippen molar-refractivity contribution in [1.29, 1.82) is 0 Å². The summed E-state index contributed by atoms with van der Waals surface area (Å²) in [5.41, 5.74) is 0. The lowest BCUT2D eigenvalue weighted by Gasteiger charge is -2.21. The van der Waals surface area contributed by atoms with Gasteiger partial charge in [-0.2, -0.15) is 0 Å². The fourth-order valence-electron chi connectivity index (χ4n) is 1.47. The molecule has 0 radical (unpaired) electrons. The van der Waals surface area contributed by atoms with Gasteiger partial charge >= 0.3 is 0 Å². The predicted octanol–water partition coefficient (Wildman–Crippen LogP) is 2.84. The van der Waals surface area contributed by atoms with E-state index in [2.05, 4.69) is 26.1 Å². The maximum absolute atomic E-state index is 12.7. The Morgan fingerprint density at radius 2 is 1.88 bits per heavy atom. The van der Waals surface area contributed by atoms with Crippen LogP contribution in [-0.4, -0.2) is 19.2 Å². The molecule has 0 aliphatic heterocycles. The van der Waals surface area contributed by atoms with Crippen molar-refractivity contribution in [3.8, 4) is 5.75 Å². The average Bonchev–Trinajstić information content (AvgIpc) is 2.26. The van der Waals surface area contributed by atoms with E-state index in [0.717, 1.165) is 6.54 Å². The van der Waals surface area contributed by atoms with Gasteiger partial charge in [0.2, 0.25) is 0 Å². The number of halogens is 1. The molecule has 3 heteroatoms. The molecule has 0 spiro atoms.